The number of H-pyrrole nitrogens is 1. The number of benzene rings is 1. The molecule has 19 heavy (non-hydrogen) atoms. The first-order valence-electron chi connectivity index (χ1n) is 7.12. The summed E-state index contributed by atoms with van der Waals surface area (Å²) < 4.78 is 0. The third-order valence-electron chi connectivity index (χ3n) is 3.51. The molecule has 2 atom stereocenters. The number of aromatic amines is 1. The van der Waals surface area contributed by atoms with Gasteiger partial charge in [0, 0.05) is 18.4 Å². The molecule has 0 aliphatic rings. The largest absolute Gasteiger partial charge is 0.347 e. The molecule has 3 heteroatoms. The van der Waals surface area contributed by atoms with Gasteiger partial charge in [0.05, 0.1) is 6.04 Å². The summed E-state index contributed by atoms with van der Waals surface area (Å²) in [6.45, 7) is 4.42. The van der Waals surface area contributed by atoms with Crippen LogP contribution in [0.2, 0.25) is 0 Å². The third kappa shape index (κ3) is 3.93. The van der Waals surface area contributed by atoms with Crippen LogP contribution in [0.4, 0.5) is 0 Å². The lowest BCUT2D eigenvalue weighted by molar-refractivity contribution is 0.402. The van der Waals surface area contributed by atoms with Gasteiger partial charge in [-0.05, 0) is 24.8 Å². The second-order valence-corrected chi connectivity index (χ2v) is 4.90. The van der Waals surface area contributed by atoms with Gasteiger partial charge >= 0.3 is 0 Å². The molecule has 3 nitrogen and oxygen atoms in total. The number of nitrogens with zero attached hydrogens (tertiary/aromatic N) is 1. The molecule has 1 aromatic carbocycles. The van der Waals surface area contributed by atoms with E-state index in [9.17, 15) is 0 Å². The lowest BCUT2D eigenvalue weighted by atomic mass is 10.0. The zero-order valence-corrected chi connectivity index (χ0v) is 11.8. The molecular formula is C16H23N3. The normalized spacial score (nSPS) is 14.2. The maximum atomic E-state index is 4.36. The summed E-state index contributed by atoms with van der Waals surface area (Å²) in [5, 5.41) is 3.71. The maximum Gasteiger partial charge on any atom is 0.123 e. The highest BCUT2D eigenvalue weighted by atomic mass is 15.0. The van der Waals surface area contributed by atoms with Crippen molar-refractivity contribution in [2.75, 3.05) is 0 Å². The number of nitrogens with one attached hydrogen (secondary N) is 2. The van der Waals surface area contributed by atoms with Gasteiger partial charge in [-0.15, -0.1) is 0 Å². The van der Waals surface area contributed by atoms with Crippen LogP contribution in [0.1, 0.15) is 44.1 Å². The number of rotatable bonds is 7. The third-order valence-corrected chi connectivity index (χ3v) is 3.51. The summed E-state index contributed by atoms with van der Waals surface area (Å²) in [6.07, 6.45) is 6.93. The van der Waals surface area contributed by atoms with E-state index < -0.39 is 0 Å². The van der Waals surface area contributed by atoms with Gasteiger partial charge in [0.25, 0.3) is 0 Å². The van der Waals surface area contributed by atoms with Crippen molar-refractivity contribution in [1.29, 1.82) is 0 Å². The number of imidazole rings is 1. The van der Waals surface area contributed by atoms with Crippen molar-refractivity contribution in [3.05, 3.63) is 54.1 Å². The first kappa shape index (κ1) is 13.8. The Hall–Kier alpha value is -1.61. The van der Waals surface area contributed by atoms with Crippen molar-refractivity contribution >= 4 is 0 Å². The van der Waals surface area contributed by atoms with Gasteiger partial charge < -0.3 is 10.3 Å². The van der Waals surface area contributed by atoms with Crippen LogP contribution in [0.15, 0.2) is 42.7 Å². The summed E-state index contributed by atoms with van der Waals surface area (Å²) in [5.74, 6) is 1.04. The standard InChI is InChI=1S/C16H23N3/c1-3-14(12-13-8-6-5-7-9-13)19-15(4-2)16-17-10-11-18-16/h5-11,14-15,19H,3-4,12H2,1-2H3,(H,17,18). The Balaban J connectivity index is 1.98. The first-order chi connectivity index (χ1) is 9.33. The number of hydrogen-bond donors (Lipinski definition) is 2. The smallest absolute Gasteiger partial charge is 0.123 e. The fourth-order valence-corrected chi connectivity index (χ4v) is 2.36. The van der Waals surface area contributed by atoms with Gasteiger partial charge in [0.15, 0.2) is 0 Å². The van der Waals surface area contributed by atoms with E-state index in [1.165, 1.54) is 5.56 Å². The van der Waals surface area contributed by atoms with Crippen molar-refractivity contribution in [2.45, 2.75) is 45.2 Å². The molecule has 0 amide bonds. The van der Waals surface area contributed by atoms with Gasteiger partial charge in [-0.25, -0.2) is 4.98 Å². The van der Waals surface area contributed by atoms with E-state index in [2.05, 4.69) is 59.5 Å². The second kappa shape index (κ2) is 7.10. The summed E-state index contributed by atoms with van der Waals surface area (Å²) in [6, 6.07) is 11.4. The van der Waals surface area contributed by atoms with Crippen molar-refractivity contribution in [2.24, 2.45) is 0 Å². The molecule has 0 fully saturated rings. The summed E-state index contributed by atoms with van der Waals surface area (Å²) in [4.78, 5) is 7.57. The van der Waals surface area contributed by atoms with Crippen molar-refractivity contribution < 1.29 is 0 Å². The molecule has 2 N–H and O–H groups in total. The van der Waals surface area contributed by atoms with Crippen LogP contribution in [0.25, 0.3) is 0 Å². The Morgan fingerprint density at radius 2 is 1.95 bits per heavy atom. The SMILES string of the molecule is CCC(Cc1ccccc1)NC(CC)c1ncc[nH]1. The van der Waals surface area contributed by atoms with Crippen LogP contribution >= 0.6 is 0 Å². The highest BCUT2D eigenvalue weighted by Gasteiger charge is 2.16. The highest BCUT2D eigenvalue weighted by Crippen LogP contribution is 2.15. The van der Waals surface area contributed by atoms with Crippen molar-refractivity contribution in [3.63, 3.8) is 0 Å². The Morgan fingerprint density at radius 3 is 2.53 bits per heavy atom. The van der Waals surface area contributed by atoms with E-state index in [0.717, 1.165) is 25.1 Å². The molecule has 0 aliphatic heterocycles. The molecule has 0 saturated heterocycles. The zero-order chi connectivity index (χ0) is 13.5. The minimum Gasteiger partial charge on any atom is -0.347 e. The average Bonchev–Trinajstić information content (AvgIpc) is 2.98. The fourth-order valence-electron chi connectivity index (χ4n) is 2.36. The quantitative estimate of drug-likeness (QED) is 0.797. The molecule has 1 heterocycles. The highest BCUT2D eigenvalue weighted by molar-refractivity contribution is 5.16. The maximum absolute atomic E-state index is 4.36. The van der Waals surface area contributed by atoms with Crippen LogP contribution in [0, 0.1) is 0 Å². The lowest BCUT2D eigenvalue weighted by Crippen LogP contribution is -2.34. The second-order valence-electron chi connectivity index (χ2n) is 4.90. The van der Waals surface area contributed by atoms with Gasteiger partial charge in [-0.3, -0.25) is 0 Å². The predicted molar refractivity (Wildman–Crippen MR) is 79.0 cm³/mol. The molecular weight excluding hydrogens is 234 g/mol. The molecule has 1 aromatic heterocycles. The molecule has 0 saturated carbocycles. The summed E-state index contributed by atoms with van der Waals surface area (Å²) in [5.41, 5.74) is 1.39. The van der Waals surface area contributed by atoms with Gasteiger partial charge in [-0.2, -0.15) is 0 Å². The molecule has 2 aromatic rings. The zero-order valence-electron chi connectivity index (χ0n) is 11.8. The summed E-state index contributed by atoms with van der Waals surface area (Å²) >= 11 is 0. The van der Waals surface area contributed by atoms with Crippen molar-refractivity contribution in [1.82, 2.24) is 15.3 Å². The molecule has 0 radical (unpaired) electrons. The van der Waals surface area contributed by atoms with E-state index in [1.807, 2.05) is 12.4 Å². The van der Waals surface area contributed by atoms with E-state index in [-0.39, 0.29) is 0 Å². The van der Waals surface area contributed by atoms with Gasteiger partial charge in [0.2, 0.25) is 0 Å². The fraction of sp³-hybridized carbons (Fsp3) is 0.438. The Kier molecular flexibility index (Phi) is 5.16. The van der Waals surface area contributed by atoms with Crippen molar-refractivity contribution in [3.8, 4) is 0 Å². The average molecular weight is 257 g/mol. The van der Waals surface area contributed by atoms with E-state index in [4.69, 9.17) is 0 Å². The van der Waals surface area contributed by atoms with Crippen LogP contribution < -0.4 is 5.32 Å². The molecule has 102 valence electrons. The Bertz CT molecular complexity index is 450. The predicted octanol–water partition coefficient (Wildman–Crippen LogP) is 3.47. The monoisotopic (exact) mass is 257 g/mol. The minimum absolute atomic E-state index is 0.309. The van der Waals surface area contributed by atoms with Gasteiger partial charge in [-0.1, -0.05) is 44.2 Å². The summed E-state index contributed by atoms with van der Waals surface area (Å²) in [7, 11) is 0. The molecule has 0 spiro atoms. The van der Waals surface area contributed by atoms with E-state index in [0.29, 0.717) is 12.1 Å². The Morgan fingerprint density at radius 1 is 1.16 bits per heavy atom. The van der Waals surface area contributed by atoms with E-state index in [1.54, 1.807) is 0 Å². The number of aromatic nitrogens is 2. The van der Waals surface area contributed by atoms with Crippen LogP contribution in [0.5, 0.6) is 0 Å². The molecule has 2 rings (SSSR count). The molecule has 0 bridgehead atoms. The number of hydrogen-bond acceptors (Lipinski definition) is 2. The first-order valence-corrected chi connectivity index (χ1v) is 7.12. The van der Waals surface area contributed by atoms with Gasteiger partial charge in [0.1, 0.15) is 5.82 Å². The topological polar surface area (TPSA) is 40.7 Å². The lowest BCUT2D eigenvalue weighted by Gasteiger charge is -2.23. The molecule has 0 aliphatic carbocycles. The van der Waals surface area contributed by atoms with Crippen LogP contribution in [-0.4, -0.2) is 16.0 Å². The van der Waals surface area contributed by atoms with Crippen LogP contribution in [-0.2, 0) is 6.42 Å². The molecule has 2 unspecified atom stereocenters. The minimum atomic E-state index is 0.309. The van der Waals surface area contributed by atoms with E-state index >= 15 is 0 Å². The Labute approximate surface area is 115 Å². The van der Waals surface area contributed by atoms with Crippen LogP contribution in [0.3, 0.4) is 0 Å².